The first-order chi connectivity index (χ1) is 15.3. The summed E-state index contributed by atoms with van der Waals surface area (Å²) in [6.45, 7) is 1.76. The molecule has 0 aliphatic heterocycles. The van der Waals surface area contributed by atoms with Crippen LogP contribution in [-0.4, -0.2) is 35.3 Å². The Morgan fingerprint density at radius 2 is 1.97 bits per heavy atom. The van der Waals surface area contributed by atoms with Crippen LogP contribution >= 0.6 is 11.6 Å². The lowest BCUT2D eigenvalue weighted by Crippen LogP contribution is -2.32. The largest absolute Gasteiger partial charge is 0.497 e. The number of nitrogens with one attached hydrogen (secondary N) is 2. The zero-order chi connectivity index (χ0) is 23.3. The Morgan fingerprint density at radius 3 is 2.62 bits per heavy atom. The number of anilines is 1. The molecule has 0 aliphatic carbocycles. The number of aryl methyl sites for hydroxylation is 1. The molecule has 2 amide bonds. The van der Waals surface area contributed by atoms with Gasteiger partial charge < -0.3 is 25.4 Å². The van der Waals surface area contributed by atoms with Gasteiger partial charge >= 0.3 is 6.09 Å². The third kappa shape index (κ3) is 5.55. The van der Waals surface area contributed by atoms with Crippen molar-refractivity contribution in [3.63, 3.8) is 0 Å². The van der Waals surface area contributed by atoms with Gasteiger partial charge in [-0.1, -0.05) is 16.8 Å². The molecule has 1 aromatic heterocycles. The van der Waals surface area contributed by atoms with Crippen LogP contribution in [0, 0.1) is 6.92 Å². The van der Waals surface area contributed by atoms with Crippen molar-refractivity contribution in [3.8, 4) is 17.0 Å². The monoisotopic (exact) mass is 457 g/mol. The van der Waals surface area contributed by atoms with E-state index in [2.05, 4.69) is 20.8 Å². The minimum Gasteiger partial charge on any atom is -0.497 e. The molecule has 0 fully saturated rings. The fourth-order valence-corrected chi connectivity index (χ4v) is 3.17. The molecule has 3 aromatic rings. The number of hydrogen-bond donors (Lipinski definition) is 4. The predicted octanol–water partition coefficient (Wildman–Crippen LogP) is 3.65. The van der Waals surface area contributed by atoms with Crippen molar-refractivity contribution in [1.29, 1.82) is 0 Å². The Hall–Kier alpha value is -4.05. The van der Waals surface area contributed by atoms with Crippen LogP contribution in [0.15, 0.2) is 52.0 Å². The quantitative estimate of drug-likeness (QED) is 0.323. The number of carbonyl (C=O) groups excluding carboxylic acids is 1. The number of ether oxygens (including phenoxy) is 1. The Labute approximate surface area is 188 Å². The predicted molar refractivity (Wildman–Crippen MR) is 119 cm³/mol. The summed E-state index contributed by atoms with van der Waals surface area (Å²) >= 11 is 6.01. The van der Waals surface area contributed by atoms with Gasteiger partial charge in [0.25, 0.3) is 5.91 Å². The molecule has 0 atom stereocenters. The van der Waals surface area contributed by atoms with Crippen LogP contribution in [0.2, 0.25) is 5.02 Å². The molecule has 11 heteroatoms. The average molecular weight is 458 g/mol. The first-order valence-corrected chi connectivity index (χ1v) is 9.67. The SMILES string of the molecule is COc1ccc(-c2noc(C)c2C(=O)/N=C(/N)NCc2cc(Cl)cc(NC(=O)O)c2)cc1. The summed E-state index contributed by atoms with van der Waals surface area (Å²) in [4.78, 5) is 27.5. The lowest BCUT2D eigenvalue weighted by molar-refractivity contribution is 0.100. The van der Waals surface area contributed by atoms with Crippen molar-refractivity contribution in [2.75, 3.05) is 12.4 Å². The maximum atomic E-state index is 12.8. The number of guanidine groups is 1. The number of halogens is 1. The maximum Gasteiger partial charge on any atom is 0.409 e. The van der Waals surface area contributed by atoms with Crippen molar-refractivity contribution in [1.82, 2.24) is 10.5 Å². The van der Waals surface area contributed by atoms with Gasteiger partial charge in [-0.05, 0) is 55.0 Å². The summed E-state index contributed by atoms with van der Waals surface area (Å²) in [6.07, 6.45) is -1.21. The normalized spacial score (nSPS) is 11.2. The van der Waals surface area contributed by atoms with Crippen LogP contribution in [-0.2, 0) is 6.54 Å². The van der Waals surface area contributed by atoms with Gasteiger partial charge in [0, 0.05) is 22.8 Å². The topological polar surface area (TPSA) is 152 Å². The minimum atomic E-state index is -1.21. The first kappa shape index (κ1) is 22.6. The number of aliphatic imine (C=N–C) groups is 1. The van der Waals surface area contributed by atoms with Crippen molar-refractivity contribution < 1.29 is 24.0 Å². The van der Waals surface area contributed by atoms with Gasteiger partial charge in [-0.15, -0.1) is 0 Å². The van der Waals surface area contributed by atoms with E-state index < -0.39 is 12.0 Å². The van der Waals surface area contributed by atoms with Gasteiger partial charge in [-0.3, -0.25) is 10.1 Å². The highest BCUT2D eigenvalue weighted by atomic mass is 35.5. The van der Waals surface area contributed by atoms with Crippen molar-refractivity contribution in [2.24, 2.45) is 10.7 Å². The Bertz CT molecular complexity index is 1170. The third-order valence-corrected chi connectivity index (χ3v) is 4.56. The van der Waals surface area contributed by atoms with Crippen LogP contribution in [0.4, 0.5) is 10.5 Å². The summed E-state index contributed by atoms with van der Waals surface area (Å²) in [5, 5.41) is 18.2. The fourth-order valence-electron chi connectivity index (χ4n) is 2.92. The molecule has 0 radical (unpaired) electrons. The van der Waals surface area contributed by atoms with E-state index in [1.54, 1.807) is 50.4 Å². The number of amides is 2. The molecule has 0 saturated heterocycles. The molecule has 0 bridgehead atoms. The molecule has 3 rings (SSSR count). The summed E-state index contributed by atoms with van der Waals surface area (Å²) in [7, 11) is 1.56. The second-order valence-electron chi connectivity index (χ2n) is 6.62. The van der Waals surface area contributed by atoms with Crippen LogP contribution in [0.25, 0.3) is 11.3 Å². The van der Waals surface area contributed by atoms with Crippen molar-refractivity contribution in [2.45, 2.75) is 13.5 Å². The van der Waals surface area contributed by atoms with Gasteiger partial charge in [0.05, 0.1) is 7.11 Å². The lowest BCUT2D eigenvalue weighted by atomic mass is 10.1. The molecular formula is C21H20ClN5O5. The Balaban J connectivity index is 1.75. The van der Waals surface area contributed by atoms with Gasteiger partial charge in [0.1, 0.15) is 22.8 Å². The second-order valence-corrected chi connectivity index (χ2v) is 7.06. The third-order valence-electron chi connectivity index (χ3n) is 4.34. The van der Waals surface area contributed by atoms with E-state index in [1.807, 2.05) is 0 Å². The van der Waals surface area contributed by atoms with E-state index in [-0.39, 0.29) is 18.1 Å². The van der Waals surface area contributed by atoms with Crippen molar-refractivity contribution in [3.05, 3.63) is 64.4 Å². The minimum absolute atomic E-state index is 0.135. The van der Waals surface area contributed by atoms with Crippen LogP contribution in [0.3, 0.4) is 0 Å². The van der Waals surface area contributed by atoms with Gasteiger partial charge in [-0.25, -0.2) is 4.79 Å². The molecule has 2 aromatic carbocycles. The van der Waals surface area contributed by atoms with E-state index >= 15 is 0 Å². The second kappa shape index (κ2) is 9.84. The number of carboxylic acid groups (broad SMARTS) is 1. The number of nitrogens with two attached hydrogens (primary N) is 1. The van der Waals surface area contributed by atoms with E-state index in [4.69, 9.17) is 31.7 Å². The molecule has 166 valence electrons. The van der Waals surface area contributed by atoms with E-state index in [0.29, 0.717) is 39.0 Å². The standard InChI is InChI=1S/C21H20ClN5O5/c1-11-17(18(27-32-11)13-3-5-16(31-2)6-4-13)19(28)26-20(23)24-10-12-7-14(22)9-15(8-12)25-21(29)30/h3-9,25H,10H2,1-2H3,(H,29,30)(H3,23,24,26,28). The number of benzene rings is 2. The molecule has 1 heterocycles. The highest BCUT2D eigenvalue weighted by Crippen LogP contribution is 2.27. The maximum absolute atomic E-state index is 12.8. The van der Waals surface area contributed by atoms with Crippen LogP contribution in [0.5, 0.6) is 5.75 Å². The smallest absolute Gasteiger partial charge is 0.409 e. The zero-order valence-corrected chi connectivity index (χ0v) is 17.9. The van der Waals surface area contributed by atoms with Gasteiger partial charge in [-0.2, -0.15) is 4.99 Å². The average Bonchev–Trinajstić information content (AvgIpc) is 3.13. The summed E-state index contributed by atoms with van der Waals surface area (Å²) < 4.78 is 10.3. The zero-order valence-electron chi connectivity index (χ0n) is 17.2. The fraction of sp³-hybridized carbons (Fsp3) is 0.143. The molecule has 32 heavy (non-hydrogen) atoms. The number of aromatic nitrogens is 1. The molecule has 0 spiro atoms. The van der Waals surface area contributed by atoms with Gasteiger partial charge in [0.15, 0.2) is 5.96 Å². The molecule has 5 N–H and O–H groups in total. The van der Waals surface area contributed by atoms with E-state index in [1.165, 1.54) is 6.07 Å². The van der Waals surface area contributed by atoms with Crippen LogP contribution < -0.4 is 21.1 Å². The summed E-state index contributed by atoms with van der Waals surface area (Å²) in [6, 6.07) is 11.7. The summed E-state index contributed by atoms with van der Waals surface area (Å²) in [5.74, 6) is 0.204. The molecule has 0 unspecified atom stereocenters. The van der Waals surface area contributed by atoms with E-state index in [0.717, 1.165) is 0 Å². The number of methoxy groups -OCH3 is 1. The first-order valence-electron chi connectivity index (χ1n) is 9.29. The highest BCUT2D eigenvalue weighted by Gasteiger charge is 2.21. The molecular weight excluding hydrogens is 438 g/mol. The highest BCUT2D eigenvalue weighted by molar-refractivity contribution is 6.31. The number of rotatable bonds is 6. The van der Waals surface area contributed by atoms with Crippen LogP contribution in [0.1, 0.15) is 21.7 Å². The Kier molecular flexibility index (Phi) is 6.96. The molecule has 10 nitrogen and oxygen atoms in total. The van der Waals surface area contributed by atoms with E-state index in [9.17, 15) is 9.59 Å². The van der Waals surface area contributed by atoms with Crippen molar-refractivity contribution >= 4 is 35.2 Å². The molecule has 0 saturated carbocycles. The molecule has 0 aliphatic rings. The van der Waals surface area contributed by atoms with Gasteiger partial charge in [0.2, 0.25) is 0 Å². The number of hydrogen-bond acceptors (Lipinski definition) is 5. The lowest BCUT2D eigenvalue weighted by Gasteiger charge is -2.09. The number of carbonyl (C=O) groups is 2. The Morgan fingerprint density at radius 1 is 1.25 bits per heavy atom. The summed E-state index contributed by atoms with van der Waals surface area (Å²) in [5.41, 5.74) is 7.99. The number of nitrogens with zero attached hydrogens (tertiary/aromatic N) is 2.